The monoisotopic (exact) mass is 285 g/mol. The summed E-state index contributed by atoms with van der Waals surface area (Å²) in [5.41, 5.74) is 1.31. The van der Waals surface area contributed by atoms with Gasteiger partial charge in [-0.2, -0.15) is 5.26 Å². The first-order valence-electron chi connectivity index (χ1n) is 7.39. The maximum Gasteiger partial charge on any atom is 0.263 e. The van der Waals surface area contributed by atoms with Crippen molar-refractivity contribution >= 4 is 5.91 Å². The van der Waals surface area contributed by atoms with Crippen LogP contribution >= 0.6 is 0 Å². The Balaban J connectivity index is 2.69. The summed E-state index contributed by atoms with van der Waals surface area (Å²) in [6.45, 7) is 6.10. The predicted molar refractivity (Wildman–Crippen MR) is 84.1 cm³/mol. The molecule has 0 aliphatic rings. The van der Waals surface area contributed by atoms with Crippen molar-refractivity contribution in [3.05, 3.63) is 47.7 Å². The first kappa shape index (κ1) is 16.8. The summed E-state index contributed by atoms with van der Waals surface area (Å²) < 4.78 is 0. The standard InChI is InChI=1S/C17H23N3O/c1-3-5-11-19-17(21)16(12-18)14-20(4-2)13-15-9-7-6-8-10-15/h6-10,14H,3-5,11,13H2,1-2H3,(H,19,21)/b16-14-. The Morgan fingerprint density at radius 2 is 2.05 bits per heavy atom. The summed E-state index contributed by atoms with van der Waals surface area (Å²) in [5, 5.41) is 11.9. The van der Waals surface area contributed by atoms with Gasteiger partial charge >= 0.3 is 0 Å². The van der Waals surface area contributed by atoms with E-state index < -0.39 is 0 Å². The Hall–Kier alpha value is -2.28. The van der Waals surface area contributed by atoms with E-state index in [0.717, 1.165) is 24.9 Å². The molecule has 0 unspecified atom stereocenters. The van der Waals surface area contributed by atoms with E-state index in [-0.39, 0.29) is 11.5 Å². The molecular weight excluding hydrogens is 262 g/mol. The van der Waals surface area contributed by atoms with Gasteiger partial charge in [0.15, 0.2) is 0 Å². The summed E-state index contributed by atoms with van der Waals surface area (Å²) in [6.07, 6.45) is 3.58. The van der Waals surface area contributed by atoms with Gasteiger partial charge in [0.25, 0.3) is 5.91 Å². The number of benzene rings is 1. The molecule has 1 aromatic rings. The number of unbranched alkanes of at least 4 members (excludes halogenated alkanes) is 1. The fraction of sp³-hybridized carbons (Fsp3) is 0.412. The van der Waals surface area contributed by atoms with Crippen molar-refractivity contribution < 1.29 is 4.79 Å². The van der Waals surface area contributed by atoms with Crippen LogP contribution in [0.15, 0.2) is 42.1 Å². The predicted octanol–water partition coefficient (Wildman–Crippen LogP) is 2.83. The van der Waals surface area contributed by atoms with Crippen LogP contribution in [0.1, 0.15) is 32.3 Å². The van der Waals surface area contributed by atoms with Crippen molar-refractivity contribution in [1.82, 2.24) is 10.2 Å². The minimum Gasteiger partial charge on any atom is -0.372 e. The third-order valence-electron chi connectivity index (χ3n) is 3.13. The van der Waals surface area contributed by atoms with Gasteiger partial charge in [0.1, 0.15) is 11.6 Å². The van der Waals surface area contributed by atoms with Crippen LogP contribution in [0.2, 0.25) is 0 Å². The van der Waals surface area contributed by atoms with Crippen molar-refractivity contribution in [2.24, 2.45) is 0 Å². The Morgan fingerprint density at radius 3 is 2.62 bits per heavy atom. The molecule has 112 valence electrons. The maximum absolute atomic E-state index is 11.9. The second kappa shape index (κ2) is 9.60. The van der Waals surface area contributed by atoms with Crippen LogP contribution in [0.5, 0.6) is 0 Å². The van der Waals surface area contributed by atoms with E-state index in [0.29, 0.717) is 13.1 Å². The molecule has 4 nitrogen and oxygen atoms in total. The molecule has 1 N–H and O–H groups in total. The van der Waals surface area contributed by atoms with Crippen molar-refractivity contribution in [2.45, 2.75) is 33.2 Å². The lowest BCUT2D eigenvalue weighted by Gasteiger charge is -2.19. The zero-order valence-corrected chi connectivity index (χ0v) is 12.8. The lowest BCUT2D eigenvalue weighted by Crippen LogP contribution is -2.27. The number of nitrogens with zero attached hydrogens (tertiary/aromatic N) is 2. The molecule has 0 atom stereocenters. The van der Waals surface area contributed by atoms with Gasteiger partial charge in [-0.05, 0) is 18.9 Å². The second-order valence-electron chi connectivity index (χ2n) is 4.81. The lowest BCUT2D eigenvalue weighted by molar-refractivity contribution is -0.117. The summed E-state index contributed by atoms with van der Waals surface area (Å²) in [4.78, 5) is 13.9. The second-order valence-corrected chi connectivity index (χ2v) is 4.81. The Bertz CT molecular complexity index is 503. The third-order valence-corrected chi connectivity index (χ3v) is 3.13. The molecule has 0 saturated heterocycles. The molecule has 0 heterocycles. The van der Waals surface area contributed by atoms with Gasteiger partial charge in [-0.15, -0.1) is 0 Å². The maximum atomic E-state index is 11.9. The minimum absolute atomic E-state index is 0.156. The highest BCUT2D eigenvalue weighted by Crippen LogP contribution is 2.06. The van der Waals surface area contributed by atoms with Crippen molar-refractivity contribution in [1.29, 1.82) is 5.26 Å². The quantitative estimate of drug-likeness (QED) is 0.454. The van der Waals surface area contributed by atoms with Crippen LogP contribution in [0, 0.1) is 11.3 Å². The molecule has 0 aliphatic carbocycles. The Morgan fingerprint density at radius 1 is 1.33 bits per heavy atom. The van der Waals surface area contributed by atoms with Gasteiger partial charge in [0, 0.05) is 25.8 Å². The molecule has 1 rings (SSSR count). The molecule has 0 aliphatic heterocycles. The van der Waals surface area contributed by atoms with E-state index in [1.807, 2.05) is 48.2 Å². The van der Waals surface area contributed by atoms with E-state index in [9.17, 15) is 4.79 Å². The first-order chi connectivity index (χ1) is 10.2. The highest BCUT2D eigenvalue weighted by molar-refractivity contribution is 5.97. The number of hydrogen-bond donors (Lipinski definition) is 1. The van der Waals surface area contributed by atoms with Gasteiger partial charge in [-0.25, -0.2) is 0 Å². The summed E-state index contributed by atoms with van der Waals surface area (Å²) in [7, 11) is 0. The van der Waals surface area contributed by atoms with E-state index >= 15 is 0 Å². The molecule has 1 aromatic carbocycles. The normalized spacial score (nSPS) is 10.8. The molecule has 4 heteroatoms. The van der Waals surface area contributed by atoms with Crippen LogP contribution < -0.4 is 5.32 Å². The third kappa shape index (κ3) is 6.13. The molecule has 0 fully saturated rings. The SMILES string of the molecule is CCCCNC(=O)/C(C#N)=C\N(CC)Cc1ccccc1. The highest BCUT2D eigenvalue weighted by atomic mass is 16.1. The average molecular weight is 285 g/mol. The molecule has 0 bridgehead atoms. The van der Waals surface area contributed by atoms with Crippen LogP contribution in [-0.4, -0.2) is 23.9 Å². The van der Waals surface area contributed by atoms with Crippen LogP contribution in [0.4, 0.5) is 0 Å². The molecule has 0 spiro atoms. The Labute approximate surface area is 127 Å². The molecule has 0 saturated carbocycles. The van der Waals surface area contributed by atoms with Gasteiger partial charge in [0.05, 0.1) is 0 Å². The number of hydrogen-bond acceptors (Lipinski definition) is 3. The number of amides is 1. The van der Waals surface area contributed by atoms with Gasteiger partial charge < -0.3 is 10.2 Å². The zero-order chi connectivity index (χ0) is 15.5. The van der Waals surface area contributed by atoms with Gasteiger partial charge in [-0.1, -0.05) is 43.7 Å². The molecule has 0 radical (unpaired) electrons. The number of rotatable bonds is 8. The number of nitriles is 1. The van der Waals surface area contributed by atoms with E-state index in [4.69, 9.17) is 5.26 Å². The molecular formula is C17H23N3O. The Kier molecular flexibility index (Phi) is 7.67. The average Bonchev–Trinajstić information content (AvgIpc) is 2.52. The van der Waals surface area contributed by atoms with Crippen LogP contribution in [0.3, 0.4) is 0 Å². The van der Waals surface area contributed by atoms with E-state index in [2.05, 4.69) is 12.2 Å². The fourth-order valence-corrected chi connectivity index (χ4v) is 1.86. The van der Waals surface area contributed by atoms with Gasteiger partial charge in [-0.3, -0.25) is 4.79 Å². The minimum atomic E-state index is -0.294. The molecule has 21 heavy (non-hydrogen) atoms. The highest BCUT2D eigenvalue weighted by Gasteiger charge is 2.10. The number of carbonyl (C=O) groups excluding carboxylic acids is 1. The number of nitrogens with one attached hydrogen (secondary N) is 1. The smallest absolute Gasteiger partial charge is 0.263 e. The van der Waals surface area contributed by atoms with Crippen LogP contribution in [-0.2, 0) is 11.3 Å². The van der Waals surface area contributed by atoms with E-state index in [1.165, 1.54) is 0 Å². The first-order valence-corrected chi connectivity index (χ1v) is 7.39. The van der Waals surface area contributed by atoms with Crippen molar-refractivity contribution in [2.75, 3.05) is 13.1 Å². The van der Waals surface area contributed by atoms with Crippen LogP contribution in [0.25, 0.3) is 0 Å². The fourth-order valence-electron chi connectivity index (χ4n) is 1.86. The lowest BCUT2D eigenvalue weighted by atomic mass is 10.2. The molecule has 1 amide bonds. The molecule has 0 aromatic heterocycles. The van der Waals surface area contributed by atoms with E-state index in [1.54, 1.807) is 6.20 Å². The van der Waals surface area contributed by atoms with Gasteiger partial charge in [0.2, 0.25) is 0 Å². The number of carbonyl (C=O) groups is 1. The largest absolute Gasteiger partial charge is 0.372 e. The summed E-state index contributed by atoms with van der Waals surface area (Å²) in [5.74, 6) is -0.294. The topological polar surface area (TPSA) is 56.1 Å². The van der Waals surface area contributed by atoms with Crippen molar-refractivity contribution in [3.63, 3.8) is 0 Å². The zero-order valence-electron chi connectivity index (χ0n) is 12.8. The van der Waals surface area contributed by atoms with Crippen molar-refractivity contribution in [3.8, 4) is 6.07 Å². The summed E-state index contributed by atoms with van der Waals surface area (Å²) in [6, 6.07) is 12.0. The summed E-state index contributed by atoms with van der Waals surface area (Å²) >= 11 is 0.